The fourth-order valence-electron chi connectivity index (χ4n) is 3.96. The van der Waals surface area contributed by atoms with Crippen molar-refractivity contribution in [2.45, 2.75) is 37.8 Å². The second kappa shape index (κ2) is 8.17. The van der Waals surface area contributed by atoms with Crippen LogP contribution in [-0.4, -0.2) is 44.6 Å². The number of hydrogen-bond donors (Lipinski definition) is 1. The Balaban J connectivity index is 1.38. The van der Waals surface area contributed by atoms with E-state index in [4.69, 9.17) is 0 Å². The predicted octanol–water partition coefficient (Wildman–Crippen LogP) is 2.73. The zero-order valence-electron chi connectivity index (χ0n) is 18.9. The lowest BCUT2D eigenvalue weighted by atomic mass is 10.2. The first kappa shape index (κ1) is 21.9. The van der Waals surface area contributed by atoms with Crippen LogP contribution in [0.25, 0.3) is 11.2 Å². The van der Waals surface area contributed by atoms with Crippen molar-refractivity contribution in [1.82, 2.24) is 24.0 Å². The van der Waals surface area contributed by atoms with Gasteiger partial charge in [0.25, 0.3) is 5.56 Å². The molecule has 34 heavy (non-hydrogen) atoms. The average Bonchev–Trinajstić information content (AvgIpc) is 3.74. The molecule has 0 atom stereocenters. The third-order valence-corrected chi connectivity index (χ3v) is 6.23. The Morgan fingerprint density at radius 3 is 2.53 bits per heavy atom. The van der Waals surface area contributed by atoms with Gasteiger partial charge in [-0.1, -0.05) is 18.6 Å². The molecule has 0 unspecified atom stereocenters. The molecule has 2 aromatic heterocycles. The van der Waals surface area contributed by atoms with Gasteiger partial charge in [-0.2, -0.15) is 0 Å². The molecule has 3 aromatic rings. The molecule has 0 bridgehead atoms. The summed E-state index contributed by atoms with van der Waals surface area (Å²) >= 11 is 0. The maximum Gasteiger partial charge on any atom is 0.333 e. The monoisotopic (exact) mass is 466 g/mol. The number of imidazole rings is 1. The van der Waals surface area contributed by atoms with Crippen molar-refractivity contribution in [3.8, 4) is 11.8 Å². The second-order valence-electron chi connectivity index (χ2n) is 8.78. The summed E-state index contributed by atoms with van der Waals surface area (Å²) in [6.07, 6.45) is 3.43. The van der Waals surface area contributed by atoms with Gasteiger partial charge >= 0.3 is 5.69 Å². The zero-order chi connectivity index (χ0) is 24.1. The van der Waals surface area contributed by atoms with Crippen molar-refractivity contribution in [3.05, 3.63) is 68.9 Å². The number of benzene rings is 1. The predicted molar refractivity (Wildman–Crippen MR) is 125 cm³/mol. The molecule has 2 heterocycles. The summed E-state index contributed by atoms with van der Waals surface area (Å²) in [5.74, 6) is 4.67. The smallest absolute Gasteiger partial charge is 0.333 e. The minimum atomic E-state index is -0.952. The summed E-state index contributed by atoms with van der Waals surface area (Å²) < 4.78 is 30.6. The van der Waals surface area contributed by atoms with Gasteiger partial charge in [-0.3, -0.25) is 13.9 Å². The van der Waals surface area contributed by atoms with Crippen LogP contribution in [0, 0.1) is 23.5 Å². The topological polar surface area (TPSA) is 79.2 Å². The van der Waals surface area contributed by atoms with E-state index in [9.17, 15) is 18.4 Å². The highest BCUT2D eigenvalue weighted by atomic mass is 19.2. The highest BCUT2D eigenvalue weighted by molar-refractivity contribution is 5.71. The van der Waals surface area contributed by atoms with Crippen LogP contribution >= 0.6 is 0 Å². The Morgan fingerprint density at radius 1 is 1.18 bits per heavy atom. The number of aromatic amines is 1. The molecular formula is C24H24F2N6O2. The number of anilines is 1. The van der Waals surface area contributed by atoms with E-state index in [0.29, 0.717) is 17.0 Å². The molecule has 1 aromatic carbocycles. The van der Waals surface area contributed by atoms with Gasteiger partial charge in [0.05, 0.1) is 12.2 Å². The molecule has 0 aliphatic heterocycles. The summed E-state index contributed by atoms with van der Waals surface area (Å²) in [5.41, 5.74) is 0.0491. The molecule has 0 radical (unpaired) electrons. The van der Waals surface area contributed by atoms with Crippen LogP contribution in [0.1, 0.15) is 43.6 Å². The lowest BCUT2D eigenvalue weighted by Crippen LogP contribution is -2.39. The first-order valence-electron chi connectivity index (χ1n) is 11.1. The van der Waals surface area contributed by atoms with Gasteiger partial charge in [-0.25, -0.2) is 18.6 Å². The number of nitrogens with zero attached hydrogens (tertiary/aromatic N) is 5. The average molecular weight is 466 g/mol. The fourth-order valence-corrected chi connectivity index (χ4v) is 3.96. The minimum absolute atomic E-state index is 0.0354. The second-order valence-corrected chi connectivity index (χ2v) is 8.78. The lowest BCUT2D eigenvalue weighted by molar-refractivity contribution is 0.455. The van der Waals surface area contributed by atoms with Crippen LogP contribution < -0.4 is 16.1 Å². The van der Waals surface area contributed by atoms with Crippen molar-refractivity contribution in [2.24, 2.45) is 0 Å². The van der Waals surface area contributed by atoms with Crippen LogP contribution in [0.4, 0.5) is 14.5 Å². The molecule has 2 aliphatic carbocycles. The van der Waals surface area contributed by atoms with E-state index in [1.807, 2.05) is 0 Å². The molecule has 176 valence electrons. The van der Waals surface area contributed by atoms with Crippen molar-refractivity contribution >= 4 is 16.9 Å². The van der Waals surface area contributed by atoms with Crippen LogP contribution in [0.5, 0.6) is 0 Å². The van der Waals surface area contributed by atoms with E-state index < -0.39 is 11.6 Å². The molecule has 0 amide bonds. The molecule has 8 nitrogen and oxygen atoms in total. The van der Waals surface area contributed by atoms with E-state index in [0.717, 1.165) is 31.7 Å². The molecule has 0 saturated heterocycles. The molecule has 2 aliphatic rings. The molecular weight excluding hydrogens is 442 g/mol. The highest BCUT2D eigenvalue weighted by Gasteiger charge is 2.34. The minimum Gasteiger partial charge on any atom is -0.350 e. The van der Waals surface area contributed by atoms with Crippen LogP contribution in [0.3, 0.4) is 0 Å². The van der Waals surface area contributed by atoms with Gasteiger partial charge in [0, 0.05) is 26.2 Å². The zero-order valence-corrected chi connectivity index (χ0v) is 18.9. The van der Waals surface area contributed by atoms with Crippen molar-refractivity contribution in [1.29, 1.82) is 0 Å². The first-order valence-corrected chi connectivity index (χ1v) is 11.1. The SMILES string of the molecule is C=C(N(C)CC#Cc1nc2c([nH]1)c(=O)n(C1CC1)c(=O)n2C1CC1)N(C)c1cccc(F)c1F. The van der Waals surface area contributed by atoms with Gasteiger partial charge in [-0.15, -0.1) is 0 Å². The molecule has 2 fully saturated rings. The number of halogens is 2. The summed E-state index contributed by atoms with van der Waals surface area (Å²) in [6.45, 7) is 4.16. The highest BCUT2D eigenvalue weighted by Crippen LogP contribution is 2.36. The Bertz CT molecular complexity index is 1480. The molecule has 10 heteroatoms. The van der Waals surface area contributed by atoms with E-state index in [2.05, 4.69) is 28.4 Å². The summed E-state index contributed by atoms with van der Waals surface area (Å²) in [7, 11) is 3.31. The number of fused-ring (bicyclic) bond motifs is 1. The maximum absolute atomic E-state index is 14.1. The molecule has 5 rings (SSSR count). The Labute approximate surface area is 194 Å². The maximum atomic E-state index is 14.1. The van der Waals surface area contributed by atoms with Gasteiger partial charge in [0.2, 0.25) is 0 Å². The van der Waals surface area contributed by atoms with Crippen LogP contribution in [0.2, 0.25) is 0 Å². The lowest BCUT2D eigenvalue weighted by Gasteiger charge is -2.29. The van der Waals surface area contributed by atoms with E-state index in [-0.39, 0.29) is 41.4 Å². The number of H-pyrrole nitrogens is 1. The van der Waals surface area contributed by atoms with Crippen molar-refractivity contribution < 1.29 is 8.78 Å². The van der Waals surface area contributed by atoms with E-state index in [1.165, 1.54) is 21.6 Å². The number of hydrogen-bond acceptors (Lipinski definition) is 5. The Hall–Kier alpha value is -3.87. The first-order chi connectivity index (χ1) is 16.3. The molecule has 0 spiro atoms. The van der Waals surface area contributed by atoms with Crippen LogP contribution in [0.15, 0.2) is 40.2 Å². The summed E-state index contributed by atoms with van der Waals surface area (Å²) in [4.78, 5) is 36.4. The fraction of sp³-hybridized carbons (Fsp3) is 0.375. The summed E-state index contributed by atoms with van der Waals surface area (Å²) in [6, 6.07) is 3.98. The summed E-state index contributed by atoms with van der Waals surface area (Å²) in [5, 5.41) is 0. The van der Waals surface area contributed by atoms with Crippen LogP contribution in [-0.2, 0) is 0 Å². The number of rotatable bonds is 6. The number of aromatic nitrogens is 4. The molecule has 1 N–H and O–H groups in total. The van der Waals surface area contributed by atoms with E-state index >= 15 is 0 Å². The molecule has 2 saturated carbocycles. The largest absolute Gasteiger partial charge is 0.350 e. The van der Waals surface area contributed by atoms with Gasteiger partial charge in [0.1, 0.15) is 5.82 Å². The number of nitrogens with one attached hydrogen (secondary N) is 1. The standard InChI is InChI=1S/C24H24F2N6O2/c1-14(30(3)18-7-4-6-17(25)20(18)26)29(2)13-5-8-19-27-21-22(28-19)31(15-9-10-15)24(34)32(23(21)33)16-11-12-16/h4,6-7,15-16H,1,9-13H2,2-3H3,(H,27,28). The quantitative estimate of drug-likeness (QED) is 0.566. The van der Waals surface area contributed by atoms with Gasteiger partial charge < -0.3 is 14.8 Å². The Kier molecular flexibility index (Phi) is 5.27. The normalized spacial score (nSPS) is 15.2. The third kappa shape index (κ3) is 3.77. The van der Waals surface area contributed by atoms with Gasteiger partial charge in [0.15, 0.2) is 28.6 Å². The third-order valence-electron chi connectivity index (χ3n) is 6.23. The van der Waals surface area contributed by atoms with Crippen molar-refractivity contribution in [3.63, 3.8) is 0 Å². The van der Waals surface area contributed by atoms with Gasteiger partial charge in [-0.05, 0) is 43.7 Å². The van der Waals surface area contributed by atoms with E-state index in [1.54, 1.807) is 23.6 Å². The van der Waals surface area contributed by atoms with Crippen molar-refractivity contribution in [2.75, 3.05) is 25.5 Å². The Morgan fingerprint density at radius 2 is 1.85 bits per heavy atom.